The molecule has 1 aromatic heterocycles. The van der Waals surface area contributed by atoms with E-state index in [1.54, 1.807) is 24.3 Å². The van der Waals surface area contributed by atoms with Crippen LogP contribution in [0.15, 0.2) is 47.0 Å². The first-order valence-electron chi connectivity index (χ1n) is 10.6. The Morgan fingerprint density at radius 1 is 1.06 bits per heavy atom. The summed E-state index contributed by atoms with van der Waals surface area (Å²) >= 11 is 0. The fraction of sp³-hybridized carbons (Fsp3) is 0.333. The van der Waals surface area contributed by atoms with Crippen LogP contribution in [0.1, 0.15) is 59.0 Å². The minimum Gasteiger partial charge on any atom is -0.343 e. The van der Waals surface area contributed by atoms with Crippen LogP contribution in [0.5, 0.6) is 0 Å². The standard InChI is InChI=1S/C24H26N4O3/c1-15-6-5-9-20(16(15)2)26-21(29)14-25-23(30)18-12-10-17(11-13-18)22-27-24(31-28-22)19-7-3-4-8-19/h5-6,9-13,19H,3-4,7-8,14H2,1-2H3,(H,25,30)(H,26,29). The Labute approximate surface area is 181 Å². The van der Waals surface area contributed by atoms with Crippen LogP contribution in [-0.2, 0) is 4.79 Å². The number of carbonyl (C=O) groups is 2. The molecule has 7 nitrogen and oxygen atoms in total. The number of amides is 2. The Hall–Kier alpha value is -3.48. The van der Waals surface area contributed by atoms with Crippen LogP contribution in [0, 0.1) is 13.8 Å². The van der Waals surface area contributed by atoms with Gasteiger partial charge in [-0.05, 0) is 56.0 Å². The van der Waals surface area contributed by atoms with Crippen molar-refractivity contribution < 1.29 is 14.1 Å². The maximum Gasteiger partial charge on any atom is 0.251 e. The van der Waals surface area contributed by atoms with Gasteiger partial charge in [-0.2, -0.15) is 4.98 Å². The highest BCUT2D eigenvalue weighted by atomic mass is 16.5. The fourth-order valence-corrected chi connectivity index (χ4v) is 3.81. The fourth-order valence-electron chi connectivity index (χ4n) is 3.81. The van der Waals surface area contributed by atoms with Gasteiger partial charge in [-0.15, -0.1) is 0 Å². The molecule has 160 valence electrons. The molecule has 0 unspecified atom stereocenters. The highest BCUT2D eigenvalue weighted by Gasteiger charge is 2.23. The summed E-state index contributed by atoms with van der Waals surface area (Å²) in [6, 6.07) is 12.7. The molecule has 1 heterocycles. The number of benzene rings is 2. The monoisotopic (exact) mass is 418 g/mol. The lowest BCUT2D eigenvalue weighted by Crippen LogP contribution is -2.33. The quantitative estimate of drug-likeness (QED) is 0.619. The van der Waals surface area contributed by atoms with Gasteiger partial charge in [0.1, 0.15) is 0 Å². The van der Waals surface area contributed by atoms with Crippen LogP contribution in [0.4, 0.5) is 5.69 Å². The van der Waals surface area contributed by atoms with Gasteiger partial charge < -0.3 is 15.2 Å². The van der Waals surface area contributed by atoms with Gasteiger partial charge in [-0.25, -0.2) is 0 Å². The number of hydrogen-bond donors (Lipinski definition) is 2. The average Bonchev–Trinajstić information content (AvgIpc) is 3.47. The van der Waals surface area contributed by atoms with E-state index in [9.17, 15) is 9.59 Å². The third-order valence-corrected chi connectivity index (χ3v) is 5.84. The zero-order chi connectivity index (χ0) is 21.8. The maximum atomic E-state index is 12.4. The van der Waals surface area contributed by atoms with Crippen molar-refractivity contribution in [2.24, 2.45) is 0 Å². The molecule has 2 aromatic carbocycles. The molecular weight excluding hydrogens is 392 g/mol. The molecular formula is C24H26N4O3. The molecule has 0 spiro atoms. The van der Waals surface area contributed by atoms with Crippen molar-refractivity contribution in [3.8, 4) is 11.4 Å². The van der Waals surface area contributed by atoms with Crippen molar-refractivity contribution in [1.29, 1.82) is 0 Å². The zero-order valence-electron chi connectivity index (χ0n) is 17.8. The van der Waals surface area contributed by atoms with Gasteiger partial charge in [-0.3, -0.25) is 9.59 Å². The molecule has 31 heavy (non-hydrogen) atoms. The highest BCUT2D eigenvalue weighted by molar-refractivity contribution is 5.99. The second-order valence-electron chi connectivity index (χ2n) is 7.99. The van der Waals surface area contributed by atoms with E-state index in [-0.39, 0.29) is 18.4 Å². The van der Waals surface area contributed by atoms with Crippen LogP contribution in [-0.4, -0.2) is 28.5 Å². The molecule has 1 aliphatic carbocycles. The Kier molecular flexibility index (Phi) is 6.11. The number of aromatic nitrogens is 2. The second-order valence-corrected chi connectivity index (χ2v) is 7.99. The lowest BCUT2D eigenvalue weighted by molar-refractivity contribution is -0.115. The van der Waals surface area contributed by atoms with Crippen molar-refractivity contribution >= 4 is 17.5 Å². The van der Waals surface area contributed by atoms with Crippen molar-refractivity contribution in [2.45, 2.75) is 45.4 Å². The first-order chi connectivity index (χ1) is 15.0. The van der Waals surface area contributed by atoms with E-state index in [1.165, 1.54) is 12.8 Å². The number of nitrogens with one attached hydrogen (secondary N) is 2. The molecule has 0 bridgehead atoms. The van der Waals surface area contributed by atoms with Crippen molar-refractivity contribution in [1.82, 2.24) is 15.5 Å². The lowest BCUT2D eigenvalue weighted by atomic mass is 10.1. The lowest BCUT2D eigenvalue weighted by Gasteiger charge is -2.11. The van der Waals surface area contributed by atoms with Gasteiger partial charge in [0.25, 0.3) is 5.91 Å². The van der Waals surface area contributed by atoms with Crippen LogP contribution < -0.4 is 10.6 Å². The predicted molar refractivity (Wildman–Crippen MR) is 118 cm³/mol. The Bertz CT molecular complexity index is 1080. The van der Waals surface area contributed by atoms with Crippen molar-refractivity contribution in [3.05, 3.63) is 65.0 Å². The molecule has 3 aromatic rings. The number of nitrogens with zero attached hydrogens (tertiary/aromatic N) is 2. The van der Waals surface area contributed by atoms with Gasteiger partial charge in [-0.1, -0.05) is 42.3 Å². The Morgan fingerprint density at radius 2 is 1.81 bits per heavy atom. The molecule has 4 rings (SSSR count). The number of rotatable bonds is 6. The molecule has 2 N–H and O–H groups in total. The summed E-state index contributed by atoms with van der Waals surface area (Å²) < 4.78 is 5.43. The van der Waals surface area contributed by atoms with E-state index in [1.807, 2.05) is 32.0 Å². The van der Waals surface area contributed by atoms with Gasteiger partial charge in [0.05, 0.1) is 6.54 Å². The minimum atomic E-state index is -0.317. The van der Waals surface area contributed by atoms with E-state index in [2.05, 4.69) is 20.8 Å². The maximum absolute atomic E-state index is 12.4. The van der Waals surface area contributed by atoms with E-state index in [0.717, 1.165) is 35.2 Å². The molecule has 2 amide bonds. The first kappa shape index (κ1) is 20.8. The van der Waals surface area contributed by atoms with Gasteiger partial charge in [0.15, 0.2) is 0 Å². The van der Waals surface area contributed by atoms with E-state index in [4.69, 9.17) is 4.52 Å². The molecule has 0 atom stereocenters. The summed E-state index contributed by atoms with van der Waals surface area (Å²) in [6.07, 6.45) is 4.60. The van der Waals surface area contributed by atoms with Crippen LogP contribution >= 0.6 is 0 Å². The average molecular weight is 418 g/mol. The van der Waals surface area contributed by atoms with Crippen LogP contribution in [0.25, 0.3) is 11.4 Å². The normalized spacial score (nSPS) is 13.9. The van der Waals surface area contributed by atoms with Crippen LogP contribution in [0.2, 0.25) is 0 Å². The third-order valence-electron chi connectivity index (χ3n) is 5.84. The topological polar surface area (TPSA) is 97.1 Å². The molecule has 0 saturated heterocycles. The molecule has 7 heteroatoms. The molecule has 1 aliphatic rings. The van der Waals surface area contributed by atoms with Gasteiger partial charge in [0.2, 0.25) is 17.6 Å². The van der Waals surface area contributed by atoms with Crippen molar-refractivity contribution in [3.63, 3.8) is 0 Å². The summed E-state index contributed by atoms with van der Waals surface area (Å²) in [5, 5.41) is 9.56. The third kappa shape index (κ3) is 4.82. The number of hydrogen-bond acceptors (Lipinski definition) is 5. The number of carbonyl (C=O) groups excluding carboxylic acids is 2. The molecule has 1 fully saturated rings. The van der Waals surface area contributed by atoms with E-state index in [0.29, 0.717) is 23.2 Å². The smallest absolute Gasteiger partial charge is 0.251 e. The van der Waals surface area contributed by atoms with Crippen molar-refractivity contribution in [2.75, 3.05) is 11.9 Å². The molecule has 0 aliphatic heterocycles. The summed E-state index contributed by atoms with van der Waals surface area (Å²) in [5.41, 5.74) is 4.11. The number of anilines is 1. The molecule has 0 radical (unpaired) electrons. The van der Waals surface area contributed by atoms with Gasteiger partial charge in [0, 0.05) is 22.7 Å². The van der Waals surface area contributed by atoms with E-state index < -0.39 is 0 Å². The SMILES string of the molecule is Cc1cccc(NC(=O)CNC(=O)c2ccc(-c3noc(C4CCCC4)n3)cc2)c1C. The largest absolute Gasteiger partial charge is 0.343 e. The van der Waals surface area contributed by atoms with Crippen LogP contribution in [0.3, 0.4) is 0 Å². The van der Waals surface area contributed by atoms with E-state index >= 15 is 0 Å². The second kappa shape index (κ2) is 9.12. The predicted octanol–water partition coefficient (Wildman–Crippen LogP) is 4.38. The minimum absolute atomic E-state index is 0.108. The summed E-state index contributed by atoms with van der Waals surface area (Å²) in [5.74, 6) is 0.999. The Balaban J connectivity index is 1.33. The zero-order valence-corrected chi connectivity index (χ0v) is 17.8. The first-order valence-corrected chi connectivity index (χ1v) is 10.6. The summed E-state index contributed by atoms with van der Waals surface area (Å²) in [7, 11) is 0. The Morgan fingerprint density at radius 3 is 2.55 bits per heavy atom. The number of aryl methyl sites for hydroxylation is 1. The molecule has 1 saturated carbocycles. The summed E-state index contributed by atoms with van der Waals surface area (Å²) in [6.45, 7) is 3.83. The summed E-state index contributed by atoms with van der Waals surface area (Å²) in [4.78, 5) is 29.1. The van der Waals surface area contributed by atoms with Gasteiger partial charge >= 0.3 is 0 Å². The highest BCUT2D eigenvalue weighted by Crippen LogP contribution is 2.33.